The third-order valence-corrected chi connectivity index (χ3v) is 3.24. The first-order chi connectivity index (χ1) is 8.81. The third kappa shape index (κ3) is 2.99. The number of nitrogens with zero attached hydrogens (tertiary/aromatic N) is 2. The predicted octanol–water partition coefficient (Wildman–Crippen LogP) is 3.43. The molecule has 0 fully saturated rings. The van der Waals surface area contributed by atoms with Gasteiger partial charge >= 0.3 is 6.09 Å². The van der Waals surface area contributed by atoms with Crippen LogP contribution in [-0.4, -0.2) is 28.4 Å². The van der Waals surface area contributed by atoms with Crippen molar-refractivity contribution in [2.24, 2.45) is 0 Å². The average Bonchev–Trinajstić information content (AvgIpc) is 2.64. The second-order valence-electron chi connectivity index (χ2n) is 5.05. The van der Waals surface area contributed by atoms with Gasteiger partial charge in [-0.2, -0.15) is 4.98 Å². The number of fused-ring (bicyclic) bond motifs is 1. The second kappa shape index (κ2) is 4.99. The summed E-state index contributed by atoms with van der Waals surface area (Å²) in [5.74, 6) is 0.465. The van der Waals surface area contributed by atoms with Gasteiger partial charge in [-0.3, -0.25) is 0 Å². The lowest BCUT2D eigenvalue weighted by Crippen LogP contribution is -2.26. The summed E-state index contributed by atoms with van der Waals surface area (Å²) in [7, 11) is 1.54. The van der Waals surface area contributed by atoms with E-state index in [1.807, 2.05) is 26.8 Å². The lowest BCUT2D eigenvalue weighted by molar-refractivity contribution is 0.0543. The molecule has 0 bridgehead atoms. The number of ether oxygens (including phenoxy) is 2. The zero-order valence-corrected chi connectivity index (χ0v) is 13.4. The fraction of sp³-hybridized carbons (Fsp3) is 0.385. The van der Waals surface area contributed by atoms with Crippen LogP contribution in [0.4, 0.5) is 4.79 Å². The molecular weight excluding hydrogens is 359 g/mol. The molecule has 0 radical (unpaired) electrons. The number of hydrogen-bond donors (Lipinski definition) is 0. The number of pyridine rings is 1. The maximum Gasteiger partial charge on any atom is 0.420 e. The van der Waals surface area contributed by atoms with Crippen LogP contribution in [0.1, 0.15) is 20.8 Å². The molecule has 0 aromatic carbocycles. The standard InChI is InChI=1S/C13H15IN2O3/c1-13(2,3)19-12(17)16-7-9(14)8-5-6-10(18-4)15-11(8)16/h5-7H,1-4H3. The van der Waals surface area contributed by atoms with E-state index >= 15 is 0 Å². The minimum atomic E-state index is -0.544. The molecule has 19 heavy (non-hydrogen) atoms. The molecule has 2 aromatic rings. The molecule has 0 atom stereocenters. The van der Waals surface area contributed by atoms with Crippen molar-refractivity contribution >= 4 is 39.7 Å². The molecule has 2 heterocycles. The van der Waals surface area contributed by atoms with Crippen molar-refractivity contribution < 1.29 is 14.3 Å². The van der Waals surface area contributed by atoms with Gasteiger partial charge in [0.2, 0.25) is 5.88 Å². The van der Waals surface area contributed by atoms with Gasteiger partial charge in [-0.1, -0.05) is 0 Å². The van der Waals surface area contributed by atoms with Crippen LogP contribution in [0, 0.1) is 3.57 Å². The Balaban J connectivity index is 2.51. The smallest absolute Gasteiger partial charge is 0.420 e. The first-order valence-corrected chi connectivity index (χ1v) is 6.84. The molecule has 2 rings (SSSR count). The van der Waals surface area contributed by atoms with E-state index in [2.05, 4.69) is 27.6 Å². The third-order valence-electron chi connectivity index (χ3n) is 2.38. The van der Waals surface area contributed by atoms with Crippen molar-refractivity contribution in [2.75, 3.05) is 7.11 Å². The van der Waals surface area contributed by atoms with Gasteiger partial charge in [0.1, 0.15) is 5.60 Å². The average molecular weight is 374 g/mol. The Bertz CT molecular complexity index is 629. The molecule has 0 aliphatic heterocycles. The fourth-order valence-electron chi connectivity index (χ4n) is 1.61. The van der Waals surface area contributed by atoms with E-state index < -0.39 is 11.7 Å². The molecule has 2 aromatic heterocycles. The molecule has 0 saturated carbocycles. The van der Waals surface area contributed by atoms with Crippen LogP contribution in [-0.2, 0) is 4.74 Å². The zero-order valence-electron chi connectivity index (χ0n) is 11.2. The Morgan fingerprint density at radius 2 is 2.05 bits per heavy atom. The number of aromatic nitrogens is 2. The van der Waals surface area contributed by atoms with Gasteiger partial charge < -0.3 is 9.47 Å². The summed E-state index contributed by atoms with van der Waals surface area (Å²) in [6.45, 7) is 5.49. The van der Waals surface area contributed by atoms with Crippen molar-refractivity contribution in [1.82, 2.24) is 9.55 Å². The van der Waals surface area contributed by atoms with E-state index in [1.165, 1.54) is 4.57 Å². The molecule has 0 unspecified atom stereocenters. The summed E-state index contributed by atoms with van der Waals surface area (Å²) >= 11 is 2.16. The minimum Gasteiger partial charge on any atom is -0.481 e. The van der Waals surface area contributed by atoms with Crippen LogP contribution in [0.2, 0.25) is 0 Å². The molecule has 5 nitrogen and oxygen atoms in total. The van der Waals surface area contributed by atoms with Crippen molar-refractivity contribution in [1.29, 1.82) is 0 Å². The van der Waals surface area contributed by atoms with Crippen molar-refractivity contribution in [3.63, 3.8) is 0 Å². The number of carbonyl (C=O) groups excluding carboxylic acids is 1. The van der Waals surface area contributed by atoms with Gasteiger partial charge in [-0.05, 0) is 49.4 Å². The number of carbonyl (C=O) groups is 1. The lowest BCUT2D eigenvalue weighted by atomic mass is 10.2. The van der Waals surface area contributed by atoms with Crippen LogP contribution in [0.25, 0.3) is 11.0 Å². The summed E-state index contributed by atoms with van der Waals surface area (Å²) in [6.07, 6.45) is 1.27. The molecule has 0 aliphatic rings. The Morgan fingerprint density at radius 3 is 2.63 bits per heavy atom. The highest BCUT2D eigenvalue weighted by Crippen LogP contribution is 2.24. The van der Waals surface area contributed by atoms with E-state index in [9.17, 15) is 4.79 Å². The highest BCUT2D eigenvalue weighted by Gasteiger charge is 2.21. The van der Waals surface area contributed by atoms with E-state index in [0.717, 1.165) is 8.96 Å². The largest absolute Gasteiger partial charge is 0.481 e. The van der Waals surface area contributed by atoms with Gasteiger partial charge in [-0.15, -0.1) is 0 Å². The molecule has 0 spiro atoms. The normalized spacial score (nSPS) is 11.6. The molecule has 0 amide bonds. The fourth-order valence-corrected chi connectivity index (χ4v) is 2.31. The summed E-state index contributed by atoms with van der Waals surface area (Å²) in [5.41, 5.74) is -0.00386. The van der Waals surface area contributed by atoms with Gasteiger partial charge in [0.25, 0.3) is 0 Å². The zero-order chi connectivity index (χ0) is 14.2. The molecule has 0 N–H and O–H groups in total. The Kier molecular flexibility index (Phi) is 3.71. The first-order valence-electron chi connectivity index (χ1n) is 5.77. The predicted molar refractivity (Wildman–Crippen MR) is 80.6 cm³/mol. The maximum atomic E-state index is 12.1. The molecule has 0 aliphatic carbocycles. The van der Waals surface area contributed by atoms with Crippen LogP contribution in [0.3, 0.4) is 0 Å². The SMILES string of the molecule is COc1ccc2c(I)cn(C(=O)OC(C)(C)C)c2n1. The van der Waals surface area contributed by atoms with Crippen molar-refractivity contribution in [3.8, 4) is 5.88 Å². The number of methoxy groups -OCH3 is 1. The number of halogens is 1. The Morgan fingerprint density at radius 1 is 1.37 bits per heavy atom. The van der Waals surface area contributed by atoms with E-state index in [-0.39, 0.29) is 0 Å². The second-order valence-corrected chi connectivity index (χ2v) is 6.21. The molecular formula is C13H15IN2O3. The summed E-state index contributed by atoms with van der Waals surface area (Å²) in [4.78, 5) is 16.4. The number of hydrogen-bond acceptors (Lipinski definition) is 4. The quantitative estimate of drug-likeness (QED) is 0.718. The Labute approximate surface area is 125 Å². The van der Waals surface area contributed by atoms with Crippen LogP contribution in [0.15, 0.2) is 18.3 Å². The molecule has 6 heteroatoms. The summed E-state index contributed by atoms with van der Waals surface area (Å²) in [5, 5.41) is 0.896. The first kappa shape index (κ1) is 14.1. The molecule has 102 valence electrons. The van der Waals surface area contributed by atoms with Crippen LogP contribution < -0.4 is 4.74 Å². The highest BCUT2D eigenvalue weighted by atomic mass is 127. The molecule has 0 saturated heterocycles. The van der Waals surface area contributed by atoms with Crippen LogP contribution in [0.5, 0.6) is 5.88 Å². The maximum absolute atomic E-state index is 12.1. The topological polar surface area (TPSA) is 53.4 Å². The number of rotatable bonds is 1. The van der Waals surface area contributed by atoms with Gasteiger partial charge in [0, 0.05) is 21.2 Å². The summed E-state index contributed by atoms with van der Waals surface area (Å²) in [6, 6.07) is 3.65. The highest BCUT2D eigenvalue weighted by molar-refractivity contribution is 14.1. The van der Waals surface area contributed by atoms with Crippen LogP contribution >= 0.6 is 22.6 Å². The van der Waals surface area contributed by atoms with Gasteiger partial charge in [0.05, 0.1) is 7.11 Å². The van der Waals surface area contributed by atoms with Crippen molar-refractivity contribution in [2.45, 2.75) is 26.4 Å². The van der Waals surface area contributed by atoms with Gasteiger partial charge in [0.15, 0.2) is 5.65 Å². The Hall–Kier alpha value is -1.31. The van der Waals surface area contributed by atoms with E-state index in [1.54, 1.807) is 19.4 Å². The van der Waals surface area contributed by atoms with Crippen molar-refractivity contribution in [3.05, 3.63) is 21.9 Å². The van der Waals surface area contributed by atoms with E-state index in [0.29, 0.717) is 11.5 Å². The summed E-state index contributed by atoms with van der Waals surface area (Å²) < 4.78 is 12.8. The minimum absolute atomic E-state index is 0.443. The lowest BCUT2D eigenvalue weighted by Gasteiger charge is -2.19. The van der Waals surface area contributed by atoms with Gasteiger partial charge in [-0.25, -0.2) is 9.36 Å². The van der Waals surface area contributed by atoms with E-state index in [4.69, 9.17) is 9.47 Å². The monoisotopic (exact) mass is 374 g/mol.